The van der Waals surface area contributed by atoms with Gasteiger partial charge in [0.2, 0.25) is 0 Å². The van der Waals surface area contributed by atoms with Crippen LogP contribution in [0.15, 0.2) is 16.7 Å². The van der Waals surface area contributed by atoms with Gasteiger partial charge in [-0.1, -0.05) is 0 Å². The Balaban J connectivity index is 3.26. The Morgan fingerprint density at radius 2 is 2.23 bits per heavy atom. The van der Waals surface area contributed by atoms with Crippen LogP contribution < -0.4 is 0 Å². The van der Waals surface area contributed by atoms with Crippen LogP contribution in [-0.2, 0) is 0 Å². The highest BCUT2D eigenvalue weighted by atomic mass is 79.9. The van der Waals surface area contributed by atoms with Crippen molar-refractivity contribution in [3.8, 4) is 0 Å². The van der Waals surface area contributed by atoms with E-state index in [0.717, 1.165) is 12.3 Å². The highest BCUT2D eigenvalue weighted by Crippen LogP contribution is 2.28. The van der Waals surface area contributed by atoms with E-state index in [1.54, 1.807) is 0 Å². The molecule has 0 fully saturated rings. The first-order valence-electron chi connectivity index (χ1n) is 3.10. The van der Waals surface area contributed by atoms with Crippen LogP contribution in [0.3, 0.4) is 0 Å². The zero-order valence-corrected chi connectivity index (χ0v) is 7.66. The molecule has 1 heterocycles. The molecule has 0 amide bonds. The summed E-state index contributed by atoms with van der Waals surface area (Å²) in [5, 5.41) is 10.2. The number of hydrogen-bond acceptors (Lipinski definition) is 3. The quantitative estimate of drug-likeness (QED) is 0.601. The van der Waals surface area contributed by atoms with E-state index in [2.05, 4.69) is 20.9 Å². The molecule has 0 spiro atoms. The van der Waals surface area contributed by atoms with Gasteiger partial charge in [-0.2, -0.15) is 0 Å². The molecule has 13 heavy (non-hydrogen) atoms. The summed E-state index contributed by atoms with van der Waals surface area (Å²) >= 11 is 2.90. The van der Waals surface area contributed by atoms with Crippen molar-refractivity contribution in [2.45, 2.75) is 6.43 Å². The summed E-state index contributed by atoms with van der Waals surface area (Å²) < 4.78 is 24.7. The lowest BCUT2D eigenvalue weighted by molar-refractivity contribution is -0.391. The predicted molar refractivity (Wildman–Crippen MR) is 43.5 cm³/mol. The highest BCUT2D eigenvalue weighted by Gasteiger charge is 2.23. The van der Waals surface area contributed by atoms with Crippen molar-refractivity contribution >= 4 is 21.7 Å². The van der Waals surface area contributed by atoms with Gasteiger partial charge in [-0.3, -0.25) is 0 Å². The van der Waals surface area contributed by atoms with Crippen LogP contribution in [0.2, 0.25) is 0 Å². The van der Waals surface area contributed by atoms with Crippen molar-refractivity contribution in [3.63, 3.8) is 0 Å². The van der Waals surface area contributed by atoms with Gasteiger partial charge >= 0.3 is 5.82 Å². The van der Waals surface area contributed by atoms with E-state index >= 15 is 0 Å². The fourth-order valence-corrected chi connectivity index (χ4v) is 1.11. The molecule has 0 atom stereocenters. The van der Waals surface area contributed by atoms with Crippen LogP contribution in [0.4, 0.5) is 14.6 Å². The van der Waals surface area contributed by atoms with Gasteiger partial charge < -0.3 is 10.1 Å². The Kier molecular flexibility index (Phi) is 2.86. The van der Waals surface area contributed by atoms with Crippen LogP contribution in [0.1, 0.15) is 12.0 Å². The van der Waals surface area contributed by atoms with Gasteiger partial charge in [-0.15, -0.1) is 0 Å². The number of nitrogens with zero attached hydrogens (tertiary/aromatic N) is 2. The van der Waals surface area contributed by atoms with Crippen LogP contribution in [-0.4, -0.2) is 9.91 Å². The first kappa shape index (κ1) is 9.97. The summed E-state index contributed by atoms with van der Waals surface area (Å²) in [7, 11) is 0. The van der Waals surface area contributed by atoms with E-state index in [1.165, 1.54) is 0 Å². The van der Waals surface area contributed by atoms with Gasteiger partial charge in [0.25, 0.3) is 6.43 Å². The first-order chi connectivity index (χ1) is 6.02. The number of hydrogen-bond donors (Lipinski definition) is 0. The number of rotatable bonds is 2. The Bertz CT molecular complexity index is 345. The van der Waals surface area contributed by atoms with Crippen LogP contribution >= 0.6 is 15.9 Å². The molecular weight excluding hydrogens is 250 g/mol. The van der Waals surface area contributed by atoms with Crippen molar-refractivity contribution in [2.75, 3.05) is 0 Å². The third-order valence-corrected chi connectivity index (χ3v) is 1.70. The fraction of sp³-hybridized carbons (Fsp3) is 0.167. The molecule has 0 unspecified atom stereocenters. The van der Waals surface area contributed by atoms with Gasteiger partial charge in [0.15, 0.2) is 6.20 Å². The second-order valence-corrected chi connectivity index (χ2v) is 3.04. The van der Waals surface area contributed by atoms with E-state index in [1.807, 2.05) is 0 Å². The maximum absolute atomic E-state index is 12.2. The molecule has 1 rings (SSSR count). The Labute approximate surface area is 79.9 Å². The Hall–Kier alpha value is -1.11. The second-order valence-electron chi connectivity index (χ2n) is 2.12. The zero-order valence-electron chi connectivity index (χ0n) is 6.08. The molecule has 0 aliphatic heterocycles. The lowest BCUT2D eigenvalue weighted by atomic mass is 10.3. The minimum Gasteiger partial charge on any atom is -0.358 e. The lowest BCUT2D eigenvalue weighted by Gasteiger charge is -2.00. The standard InChI is InChI=1S/C6H3BrF2N2O2/c7-3-1-4(5(8)9)6(10-2-3)11(12)13/h1-2,5H. The molecule has 1 aromatic heterocycles. The van der Waals surface area contributed by atoms with E-state index in [-0.39, 0.29) is 4.47 Å². The Morgan fingerprint density at radius 3 is 2.69 bits per heavy atom. The minimum absolute atomic E-state index is 0.286. The number of halogens is 3. The molecule has 1 aromatic rings. The smallest absolute Gasteiger partial charge is 0.358 e. The molecule has 4 nitrogen and oxygen atoms in total. The second kappa shape index (κ2) is 3.73. The molecule has 0 radical (unpaired) electrons. The summed E-state index contributed by atoms with van der Waals surface area (Å²) in [5.41, 5.74) is -0.681. The lowest BCUT2D eigenvalue weighted by Crippen LogP contribution is -1.98. The number of pyridine rings is 1. The van der Waals surface area contributed by atoms with Crippen LogP contribution in [0.5, 0.6) is 0 Å². The molecule has 70 valence electrons. The maximum atomic E-state index is 12.2. The zero-order chi connectivity index (χ0) is 10.0. The molecule has 0 saturated carbocycles. The van der Waals surface area contributed by atoms with Crippen molar-refractivity contribution < 1.29 is 13.7 Å². The molecule has 7 heteroatoms. The van der Waals surface area contributed by atoms with Gasteiger partial charge in [-0.25, -0.2) is 8.78 Å². The summed E-state index contributed by atoms with van der Waals surface area (Å²) in [4.78, 5) is 12.6. The predicted octanol–water partition coefficient (Wildman–Crippen LogP) is 2.69. The highest BCUT2D eigenvalue weighted by molar-refractivity contribution is 9.10. The van der Waals surface area contributed by atoms with E-state index in [0.29, 0.717) is 0 Å². The average molecular weight is 253 g/mol. The van der Waals surface area contributed by atoms with E-state index in [4.69, 9.17) is 0 Å². The van der Waals surface area contributed by atoms with E-state index in [9.17, 15) is 18.9 Å². The fourth-order valence-electron chi connectivity index (χ4n) is 0.761. The maximum Gasteiger partial charge on any atom is 0.372 e. The number of alkyl halides is 2. The summed E-state index contributed by atoms with van der Waals surface area (Å²) in [6.07, 6.45) is -1.80. The molecule has 0 N–H and O–H groups in total. The number of aromatic nitrogens is 1. The van der Waals surface area contributed by atoms with Gasteiger partial charge in [0.05, 0.1) is 4.47 Å². The molecular formula is C6H3BrF2N2O2. The first-order valence-corrected chi connectivity index (χ1v) is 3.89. The SMILES string of the molecule is O=[N+]([O-])c1ncc(Br)cc1C(F)F. The summed E-state index contributed by atoms with van der Waals surface area (Å²) in [5.74, 6) is -0.807. The third kappa shape index (κ3) is 2.18. The van der Waals surface area contributed by atoms with Crippen molar-refractivity contribution in [3.05, 3.63) is 32.4 Å². The third-order valence-electron chi connectivity index (χ3n) is 1.27. The van der Waals surface area contributed by atoms with Crippen LogP contribution in [0, 0.1) is 10.1 Å². The molecule has 0 bridgehead atoms. The molecule has 0 aromatic carbocycles. The normalized spacial score (nSPS) is 10.5. The summed E-state index contributed by atoms with van der Waals surface area (Å²) in [6.45, 7) is 0. The van der Waals surface area contributed by atoms with Gasteiger partial charge in [0, 0.05) is 0 Å². The average Bonchev–Trinajstić information content (AvgIpc) is 2.03. The molecule has 0 saturated heterocycles. The molecule has 0 aliphatic carbocycles. The largest absolute Gasteiger partial charge is 0.372 e. The molecule has 0 aliphatic rings. The van der Waals surface area contributed by atoms with E-state index < -0.39 is 22.7 Å². The van der Waals surface area contributed by atoms with Crippen molar-refractivity contribution in [1.29, 1.82) is 0 Å². The van der Waals surface area contributed by atoms with Crippen molar-refractivity contribution in [2.24, 2.45) is 0 Å². The topological polar surface area (TPSA) is 56.0 Å². The van der Waals surface area contributed by atoms with Gasteiger partial charge in [-0.05, 0) is 31.9 Å². The number of nitro groups is 1. The minimum atomic E-state index is -2.90. The summed E-state index contributed by atoms with van der Waals surface area (Å²) in [6, 6.07) is 0.982. The van der Waals surface area contributed by atoms with Crippen molar-refractivity contribution in [1.82, 2.24) is 4.98 Å². The Morgan fingerprint density at radius 1 is 1.62 bits per heavy atom. The monoisotopic (exact) mass is 252 g/mol. The van der Waals surface area contributed by atoms with Crippen LogP contribution in [0.25, 0.3) is 0 Å². The van der Waals surface area contributed by atoms with Gasteiger partial charge in [0.1, 0.15) is 5.56 Å².